The number of hydrogen-bond donors (Lipinski definition) is 0. The highest BCUT2D eigenvalue weighted by Crippen LogP contribution is 2.43. The molecule has 0 aliphatic carbocycles. The summed E-state index contributed by atoms with van der Waals surface area (Å²) in [6.45, 7) is 1.57. The molecule has 0 fully saturated rings. The topological polar surface area (TPSA) is 35.5 Å². The molecule has 3 heteroatoms. The van der Waals surface area contributed by atoms with Crippen molar-refractivity contribution >= 4 is 27.3 Å². The van der Waals surface area contributed by atoms with Gasteiger partial charge in [0.25, 0.3) is 0 Å². The highest BCUT2D eigenvalue weighted by atomic mass is 16.5. The van der Waals surface area contributed by atoms with E-state index in [-0.39, 0.29) is 5.78 Å². The van der Waals surface area contributed by atoms with Crippen LogP contribution in [0.4, 0.5) is 0 Å². The number of Topliss-reactive ketones (excluding diaryl/α,β-unsaturated/α-hetero) is 1. The smallest absolute Gasteiger partial charge is 0.169 e. The molecule has 0 aliphatic heterocycles. The minimum absolute atomic E-state index is 0.0516. The molecule has 106 valence electrons. The molecule has 3 rings (SSSR count). The van der Waals surface area contributed by atoms with Gasteiger partial charge in [-0.15, -0.1) is 0 Å². The lowest BCUT2D eigenvalue weighted by Crippen LogP contribution is -1.96. The molecule has 0 unspecified atom stereocenters. The van der Waals surface area contributed by atoms with Crippen molar-refractivity contribution < 1.29 is 14.3 Å². The van der Waals surface area contributed by atoms with Crippen LogP contribution in [0.2, 0.25) is 0 Å². The number of ketones is 1. The first kappa shape index (κ1) is 13.4. The first-order valence-electron chi connectivity index (χ1n) is 6.74. The van der Waals surface area contributed by atoms with Gasteiger partial charge in [-0.2, -0.15) is 0 Å². The zero-order valence-electron chi connectivity index (χ0n) is 12.3. The summed E-state index contributed by atoms with van der Waals surface area (Å²) < 4.78 is 11.1. The Bertz CT molecular complexity index is 850. The third-order valence-corrected chi connectivity index (χ3v) is 3.75. The van der Waals surface area contributed by atoms with Crippen LogP contribution < -0.4 is 9.47 Å². The van der Waals surface area contributed by atoms with Crippen LogP contribution in [-0.2, 0) is 0 Å². The molecule has 0 N–H and O–H groups in total. The Morgan fingerprint density at radius 3 is 1.95 bits per heavy atom. The van der Waals surface area contributed by atoms with E-state index in [2.05, 4.69) is 0 Å². The summed E-state index contributed by atoms with van der Waals surface area (Å²) in [6, 6.07) is 13.6. The molecule has 0 bridgehead atoms. The quantitative estimate of drug-likeness (QED) is 0.532. The minimum atomic E-state index is 0.0516. The summed E-state index contributed by atoms with van der Waals surface area (Å²) in [6.07, 6.45) is 0. The summed E-state index contributed by atoms with van der Waals surface area (Å²) in [5.74, 6) is 1.47. The third-order valence-electron chi connectivity index (χ3n) is 3.75. The molecule has 0 aliphatic rings. The van der Waals surface area contributed by atoms with Gasteiger partial charge in [0.15, 0.2) is 17.3 Å². The fourth-order valence-electron chi connectivity index (χ4n) is 2.75. The van der Waals surface area contributed by atoms with Crippen molar-refractivity contribution in [3.8, 4) is 11.5 Å². The molecule has 0 amide bonds. The average Bonchev–Trinajstić information content (AvgIpc) is 2.52. The summed E-state index contributed by atoms with van der Waals surface area (Å²) in [7, 11) is 3.27. The number of methoxy groups -OCH3 is 2. The van der Waals surface area contributed by atoms with E-state index in [4.69, 9.17) is 9.47 Å². The van der Waals surface area contributed by atoms with Crippen LogP contribution in [-0.4, -0.2) is 20.0 Å². The number of carbonyl (C=O) groups is 1. The zero-order chi connectivity index (χ0) is 15.0. The molecule has 21 heavy (non-hydrogen) atoms. The second-order valence-corrected chi connectivity index (χ2v) is 4.93. The SMILES string of the molecule is COc1c(OC)c2ccc(C(C)=O)cc2c2ccccc12. The lowest BCUT2D eigenvalue weighted by atomic mass is 9.97. The standard InChI is InChI=1S/C18H16O3/c1-11(19)12-8-9-15-16(10-12)13-6-4-5-7-14(13)17(20-2)18(15)21-3/h4-10H,1-3H3. The number of carbonyl (C=O) groups excluding carboxylic acids is 1. The number of benzene rings is 3. The van der Waals surface area contributed by atoms with Gasteiger partial charge in [0.1, 0.15) is 0 Å². The Morgan fingerprint density at radius 2 is 1.38 bits per heavy atom. The Morgan fingerprint density at radius 1 is 0.810 bits per heavy atom. The first-order chi connectivity index (χ1) is 10.2. The largest absolute Gasteiger partial charge is 0.492 e. The number of fused-ring (bicyclic) bond motifs is 3. The molecule has 0 atom stereocenters. The summed E-state index contributed by atoms with van der Waals surface area (Å²) >= 11 is 0. The molecule has 0 aromatic heterocycles. The maximum absolute atomic E-state index is 11.6. The van der Waals surface area contributed by atoms with Gasteiger partial charge in [0.2, 0.25) is 0 Å². The summed E-state index contributed by atoms with van der Waals surface area (Å²) in [4.78, 5) is 11.6. The van der Waals surface area contributed by atoms with E-state index in [1.165, 1.54) is 0 Å². The maximum Gasteiger partial charge on any atom is 0.169 e. The van der Waals surface area contributed by atoms with Crippen LogP contribution in [0.3, 0.4) is 0 Å². The van der Waals surface area contributed by atoms with E-state index in [9.17, 15) is 4.79 Å². The molecule has 0 radical (unpaired) electrons. The third kappa shape index (κ3) is 2.02. The van der Waals surface area contributed by atoms with Gasteiger partial charge in [0.05, 0.1) is 14.2 Å². The van der Waals surface area contributed by atoms with Crippen LogP contribution in [0, 0.1) is 0 Å². The van der Waals surface area contributed by atoms with Gasteiger partial charge in [-0.1, -0.05) is 30.3 Å². The Balaban J connectivity index is 2.54. The van der Waals surface area contributed by atoms with Crippen LogP contribution in [0.1, 0.15) is 17.3 Å². The van der Waals surface area contributed by atoms with Crippen LogP contribution in [0.5, 0.6) is 11.5 Å². The van der Waals surface area contributed by atoms with Crippen molar-refractivity contribution in [3.05, 3.63) is 48.0 Å². The molecule has 3 aromatic rings. The maximum atomic E-state index is 11.6. The highest BCUT2D eigenvalue weighted by Gasteiger charge is 2.16. The van der Waals surface area contributed by atoms with Gasteiger partial charge < -0.3 is 9.47 Å². The van der Waals surface area contributed by atoms with Crippen molar-refractivity contribution in [2.45, 2.75) is 6.92 Å². The fourth-order valence-corrected chi connectivity index (χ4v) is 2.75. The summed E-state index contributed by atoms with van der Waals surface area (Å²) in [5.41, 5.74) is 0.694. The van der Waals surface area contributed by atoms with E-state index in [0.29, 0.717) is 11.3 Å². The Hall–Kier alpha value is -2.55. The monoisotopic (exact) mass is 280 g/mol. The molecular formula is C18H16O3. The van der Waals surface area contributed by atoms with Gasteiger partial charge in [0, 0.05) is 16.3 Å². The lowest BCUT2D eigenvalue weighted by molar-refractivity contribution is 0.101. The van der Waals surface area contributed by atoms with E-state index in [0.717, 1.165) is 27.3 Å². The lowest BCUT2D eigenvalue weighted by Gasteiger charge is -2.15. The summed E-state index contributed by atoms with van der Waals surface area (Å²) in [5, 5.41) is 3.97. The molecule has 0 saturated heterocycles. The second kappa shape index (κ2) is 5.09. The van der Waals surface area contributed by atoms with E-state index >= 15 is 0 Å². The second-order valence-electron chi connectivity index (χ2n) is 4.93. The minimum Gasteiger partial charge on any atom is -0.492 e. The van der Waals surface area contributed by atoms with Crippen molar-refractivity contribution in [1.82, 2.24) is 0 Å². The highest BCUT2D eigenvalue weighted by molar-refractivity contribution is 6.15. The van der Waals surface area contributed by atoms with Gasteiger partial charge in [-0.3, -0.25) is 4.79 Å². The van der Waals surface area contributed by atoms with Crippen molar-refractivity contribution in [3.63, 3.8) is 0 Å². The van der Waals surface area contributed by atoms with Crippen LogP contribution >= 0.6 is 0 Å². The Labute approximate surface area is 123 Å². The van der Waals surface area contributed by atoms with Crippen LogP contribution in [0.15, 0.2) is 42.5 Å². The Kier molecular flexibility index (Phi) is 3.26. The fraction of sp³-hybridized carbons (Fsp3) is 0.167. The van der Waals surface area contributed by atoms with E-state index < -0.39 is 0 Å². The van der Waals surface area contributed by atoms with Crippen molar-refractivity contribution in [1.29, 1.82) is 0 Å². The molecule has 0 saturated carbocycles. The van der Waals surface area contributed by atoms with Crippen LogP contribution in [0.25, 0.3) is 21.5 Å². The molecule has 0 heterocycles. The van der Waals surface area contributed by atoms with E-state index in [1.807, 2.05) is 42.5 Å². The van der Waals surface area contributed by atoms with Crippen molar-refractivity contribution in [2.75, 3.05) is 14.2 Å². The molecular weight excluding hydrogens is 264 g/mol. The normalized spacial score (nSPS) is 10.8. The van der Waals surface area contributed by atoms with Crippen molar-refractivity contribution in [2.24, 2.45) is 0 Å². The van der Waals surface area contributed by atoms with Gasteiger partial charge in [-0.05, 0) is 29.8 Å². The number of ether oxygens (including phenoxy) is 2. The molecule has 3 nitrogen and oxygen atoms in total. The van der Waals surface area contributed by atoms with E-state index in [1.54, 1.807) is 21.1 Å². The van der Waals surface area contributed by atoms with Gasteiger partial charge in [-0.25, -0.2) is 0 Å². The predicted octanol–water partition coefficient (Wildman–Crippen LogP) is 4.21. The van der Waals surface area contributed by atoms with Gasteiger partial charge >= 0.3 is 0 Å². The number of hydrogen-bond acceptors (Lipinski definition) is 3. The first-order valence-corrected chi connectivity index (χ1v) is 6.74. The molecule has 0 spiro atoms. The predicted molar refractivity (Wildman–Crippen MR) is 84.6 cm³/mol. The zero-order valence-corrected chi connectivity index (χ0v) is 12.3. The number of rotatable bonds is 3. The average molecular weight is 280 g/mol. The molecule has 3 aromatic carbocycles.